The third-order valence-electron chi connectivity index (χ3n) is 6.68. The number of piperidine rings is 1. The highest BCUT2D eigenvalue weighted by Crippen LogP contribution is 2.41. The molecule has 1 aliphatic carbocycles. The molecule has 2 aromatic rings. The van der Waals surface area contributed by atoms with Crippen LogP contribution in [0.25, 0.3) is 0 Å². The van der Waals surface area contributed by atoms with Crippen LogP contribution in [0.15, 0.2) is 42.5 Å². The van der Waals surface area contributed by atoms with Gasteiger partial charge in [0.05, 0.1) is 25.9 Å². The van der Waals surface area contributed by atoms with E-state index in [1.165, 1.54) is 0 Å². The van der Waals surface area contributed by atoms with E-state index < -0.39 is 11.7 Å². The van der Waals surface area contributed by atoms with E-state index in [0.717, 1.165) is 62.0 Å². The molecule has 156 valence electrons. The number of methoxy groups -OCH3 is 2. The molecule has 1 heterocycles. The minimum atomic E-state index is -0.737. The van der Waals surface area contributed by atoms with Gasteiger partial charge in [-0.15, -0.1) is 0 Å². The van der Waals surface area contributed by atoms with Crippen LogP contribution < -0.4 is 9.47 Å². The smallest absolute Gasteiger partial charge is 0.161 e. The number of ether oxygens (including phenoxy) is 2. The Balaban J connectivity index is 1.41. The number of aliphatic hydroxyl groups excluding tert-OH is 1. The number of likely N-dealkylation sites (tertiary alicyclic amines) is 1. The molecule has 1 saturated heterocycles. The van der Waals surface area contributed by atoms with Crippen molar-refractivity contribution >= 4 is 0 Å². The van der Waals surface area contributed by atoms with E-state index >= 15 is 0 Å². The van der Waals surface area contributed by atoms with Crippen LogP contribution in [0.5, 0.6) is 11.5 Å². The van der Waals surface area contributed by atoms with E-state index in [2.05, 4.69) is 4.90 Å². The molecule has 1 fully saturated rings. The molecular weight excluding hydrogens is 366 g/mol. The topological polar surface area (TPSA) is 62.2 Å². The Morgan fingerprint density at radius 3 is 2.34 bits per heavy atom. The zero-order valence-corrected chi connectivity index (χ0v) is 17.3. The van der Waals surface area contributed by atoms with Crippen LogP contribution in [0.1, 0.15) is 42.1 Å². The van der Waals surface area contributed by atoms with Crippen molar-refractivity contribution in [3.8, 4) is 11.5 Å². The molecule has 2 atom stereocenters. The highest BCUT2D eigenvalue weighted by atomic mass is 16.5. The minimum absolute atomic E-state index is 0.184. The maximum absolute atomic E-state index is 11.1. The molecule has 0 aromatic heterocycles. The third kappa shape index (κ3) is 4.00. The monoisotopic (exact) mass is 397 g/mol. The fourth-order valence-corrected chi connectivity index (χ4v) is 4.85. The molecule has 4 rings (SSSR count). The molecule has 5 nitrogen and oxygen atoms in total. The zero-order chi connectivity index (χ0) is 20.4. The SMILES string of the molecule is COc1cc2c(cc1OC)C(O)C(CN1CCC(O)(c3ccccc3)CC1)CC2. The Morgan fingerprint density at radius 1 is 1.03 bits per heavy atom. The van der Waals surface area contributed by atoms with Crippen LogP contribution >= 0.6 is 0 Å². The summed E-state index contributed by atoms with van der Waals surface area (Å²) in [6.07, 6.45) is 2.82. The highest BCUT2D eigenvalue weighted by Gasteiger charge is 2.36. The Bertz CT molecular complexity index is 830. The summed E-state index contributed by atoms with van der Waals surface area (Å²) < 4.78 is 10.8. The second kappa shape index (κ2) is 8.34. The number of fused-ring (bicyclic) bond motifs is 1. The molecule has 0 amide bonds. The maximum Gasteiger partial charge on any atom is 0.161 e. The lowest BCUT2D eigenvalue weighted by atomic mass is 9.80. The van der Waals surface area contributed by atoms with E-state index in [9.17, 15) is 10.2 Å². The summed E-state index contributed by atoms with van der Waals surface area (Å²) in [6, 6.07) is 13.9. The van der Waals surface area contributed by atoms with Crippen molar-refractivity contribution in [2.75, 3.05) is 33.9 Å². The normalized spacial score (nSPS) is 24.0. The number of rotatable bonds is 5. The summed E-state index contributed by atoms with van der Waals surface area (Å²) >= 11 is 0. The van der Waals surface area contributed by atoms with Crippen LogP contribution in [-0.4, -0.2) is 49.0 Å². The van der Waals surface area contributed by atoms with E-state index in [-0.39, 0.29) is 5.92 Å². The van der Waals surface area contributed by atoms with Crippen molar-refractivity contribution < 1.29 is 19.7 Å². The van der Waals surface area contributed by atoms with Gasteiger partial charge in [0, 0.05) is 25.6 Å². The van der Waals surface area contributed by atoms with E-state index in [1.54, 1.807) is 14.2 Å². The van der Waals surface area contributed by atoms with Gasteiger partial charge in [0.1, 0.15) is 0 Å². The second-order valence-electron chi connectivity index (χ2n) is 8.35. The molecule has 2 unspecified atom stereocenters. The van der Waals surface area contributed by atoms with Crippen molar-refractivity contribution in [3.05, 3.63) is 59.2 Å². The summed E-state index contributed by atoms with van der Waals surface area (Å²) in [5, 5.41) is 22.1. The van der Waals surface area contributed by atoms with Crippen LogP contribution in [-0.2, 0) is 12.0 Å². The van der Waals surface area contributed by atoms with Gasteiger partial charge in [-0.05, 0) is 54.5 Å². The summed E-state index contributed by atoms with van der Waals surface area (Å²) in [4.78, 5) is 2.39. The lowest BCUT2D eigenvalue weighted by Gasteiger charge is -2.41. The standard InChI is InChI=1S/C24H31NO4/c1-28-21-14-17-8-9-18(23(26)20(17)15-22(21)29-2)16-25-12-10-24(27,11-13-25)19-6-4-3-5-7-19/h3-7,14-15,18,23,26-27H,8-13,16H2,1-2H3. The first-order valence-electron chi connectivity index (χ1n) is 10.5. The Labute approximate surface area is 172 Å². The molecule has 5 heteroatoms. The van der Waals surface area contributed by atoms with Crippen LogP contribution in [0.2, 0.25) is 0 Å². The van der Waals surface area contributed by atoms with Gasteiger partial charge in [0.15, 0.2) is 11.5 Å². The van der Waals surface area contributed by atoms with Crippen molar-refractivity contribution in [3.63, 3.8) is 0 Å². The van der Waals surface area contributed by atoms with Crippen molar-refractivity contribution in [2.24, 2.45) is 5.92 Å². The maximum atomic E-state index is 11.1. The molecule has 0 saturated carbocycles. The molecule has 0 radical (unpaired) electrons. The van der Waals surface area contributed by atoms with Gasteiger partial charge in [0.25, 0.3) is 0 Å². The van der Waals surface area contributed by atoms with Gasteiger partial charge < -0.3 is 24.6 Å². The molecular formula is C24H31NO4. The predicted octanol–water partition coefficient (Wildman–Crippen LogP) is 3.28. The fourth-order valence-electron chi connectivity index (χ4n) is 4.85. The first-order valence-corrected chi connectivity index (χ1v) is 10.5. The van der Waals surface area contributed by atoms with E-state index in [1.807, 2.05) is 42.5 Å². The van der Waals surface area contributed by atoms with Gasteiger partial charge in [0.2, 0.25) is 0 Å². The molecule has 1 aliphatic heterocycles. The third-order valence-corrected chi connectivity index (χ3v) is 6.68. The number of aliphatic hydroxyl groups is 2. The van der Waals surface area contributed by atoms with Gasteiger partial charge >= 0.3 is 0 Å². The fraction of sp³-hybridized carbons (Fsp3) is 0.500. The van der Waals surface area contributed by atoms with Gasteiger partial charge in [-0.25, -0.2) is 0 Å². The lowest BCUT2D eigenvalue weighted by Crippen LogP contribution is -2.45. The molecule has 29 heavy (non-hydrogen) atoms. The molecule has 2 aliphatic rings. The summed E-state index contributed by atoms with van der Waals surface area (Å²) in [5.41, 5.74) is 2.37. The highest BCUT2D eigenvalue weighted by molar-refractivity contribution is 5.49. The summed E-state index contributed by atoms with van der Waals surface area (Å²) in [6.45, 7) is 2.53. The van der Waals surface area contributed by atoms with Crippen LogP contribution in [0, 0.1) is 5.92 Å². The first kappa shape index (κ1) is 20.2. The van der Waals surface area contributed by atoms with Gasteiger partial charge in [-0.2, -0.15) is 0 Å². The first-order chi connectivity index (χ1) is 14.0. The number of aryl methyl sites for hydroxylation is 1. The molecule has 0 spiro atoms. The number of hydrogen-bond donors (Lipinski definition) is 2. The Kier molecular flexibility index (Phi) is 5.81. The molecule has 0 bridgehead atoms. The van der Waals surface area contributed by atoms with Gasteiger partial charge in [-0.1, -0.05) is 30.3 Å². The summed E-state index contributed by atoms with van der Waals surface area (Å²) in [5.74, 6) is 1.56. The second-order valence-corrected chi connectivity index (χ2v) is 8.35. The predicted molar refractivity (Wildman–Crippen MR) is 112 cm³/mol. The number of nitrogens with zero attached hydrogens (tertiary/aromatic N) is 1. The Hall–Kier alpha value is -2.08. The van der Waals surface area contributed by atoms with Crippen molar-refractivity contribution in [1.82, 2.24) is 4.90 Å². The number of benzene rings is 2. The number of hydrogen-bond acceptors (Lipinski definition) is 5. The molecule has 2 N–H and O–H groups in total. The van der Waals surface area contributed by atoms with Gasteiger partial charge in [-0.3, -0.25) is 0 Å². The van der Waals surface area contributed by atoms with Crippen LogP contribution in [0.3, 0.4) is 0 Å². The quantitative estimate of drug-likeness (QED) is 0.811. The molecule has 2 aromatic carbocycles. The minimum Gasteiger partial charge on any atom is -0.493 e. The van der Waals surface area contributed by atoms with E-state index in [0.29, 0.717) is 11.5 Å². The van der Waals surface area contributed by atoms with Crippen molar-refractivity contribution in [2.45, 2.75) is 37.4 Å². The van der Waals surface area contributed by atoms with Crippen LogP contribution in [0.4, 0.5) is 0 Å². The Morgan fingerprint density at radius 2 is 1.69 bits per heavy atom. The largest absolute Gasteiger partial charge is 0.493 e. The van der Waals surface area contributed by atoms with Crippen molar-refractivity contribution in [1.29, 1.82) is 0 Å². The zero-order valence-electron chi connectivity index (χ0n) is 17.3. The average Bonchev–Trinajstić information content (AvgIpc) is 2.77. The summed E-state index contributed by atoms with van der Waals surface area (Å²) in [7, 11) is 3.26. The lowest BCUT2D eigenvalue weighted by molar-refractivity contribution is -0.0355. The van der Waals surface area contributed by atoms with E-state index in [4.69, 9.17) is 9.47 Å². The average molecular weight is 398 g/mol.